The van der Waals surface area contributed by atoms with Crippen molar-refractivity contribution in [1.29, 1.82) is 0 Å². The first-order valence-electron chi connectivity index (χ1n) is 9.21. The molecule has 2 atom stereocenters. The van der Waals surface area contributed by atoms with Gasteiger partial charge < -0.3 is 9.84 Å². The Morgan fingerprint density at radius 1 is 1.16 bits per heavy atom. The summed E-state index contributed by atoms with van der Waals surface area (Å²) in [6.45, 7) is 4.34. The molecule has 1 amide bonds. The van der Waals surface area contributed by atoms with Crippen LogP contribution in [0, 0.1) is 5.41 Å². The fourth-order valence-corrected chi connectivity index (χ4v) is 5.87. The van der Waals surface area contributed by atoms with E-state index in [9.17, 15) is 27.6 Å². The Balaban J connectivity index is 1.92. The first-order valence-corrected chi connectivity index (χ1v) is 11.4. The first-order chi connectivity index (χ1) is 14.3. The topological polar surface area (TPSA) is 135 Å². The number of nitrogens with zero attached hydrogens (tertiary/aromatic N) is 1. The second-order valence-corrected chi connectivity index (χ2v) is 10.9. The van der Waals surface area contributed by atoms with Crippen LogP contribution in [0.3, 0.4) is 0 Å². The molecule has 166 valence electrons. The normalized spacial score (nSPS) is 22.5. The Hall–Kier alpha value is -2.72. The molecule has 0 spiro atoms. The number of rotatable bonds is 5. The molecule has 1 fully saturated rings. The minimum Gasteiger partial charge on any atom is -0.478 e. The van der Waals surface area contributed by atoms with Crippen molar-refractivity contribution in [2.24, 2.45) is 5.41 Å². The fourth-order valence-electron chi connectivity index (χ4n) is 3.30. The van der Waals surface area contributed by atoms with Gasteiger partial charge in [-0.3, -0.25) is 14.5 Å². The quantitative estimate of drug-likeness (QED) is 0.390. The van der Waals surface area contributed by atoms with Gasteiger partial charge in [0.25, 0.3) is 0 Å². The van der Waals surface area contributed by atoms with E-state index in [1.54, 1.807) is 20.8 Å². The van der Waals surface area contributed by atoms with Crippen LogP contribution in [0.15, 0.2) is 35.5 Å². The molecule has 9 nitrogen and oxygen atoms in total. The molecule has 0 saturated carbocycles. The molecule has 1 aromatic carbocycles. The molecule has 31 heavy (non-hydrogen) atoms. The Morgan fingerprint density at radius 2 is 1.71 bits per heavy atom. The summed E-state index contributed by atoms with van der Waals surface area (Å²) in [5, 5.41) is 6.32. The number of hydrogen-bond donors (Lipinski definition) is 1. The Labute approximate surface area is 183 Å². The molecule has 11 heteroatoms. The Bertz CT molecular complexity index is 1110. The highest BCUT2D eigenvalue weighted by molar-refractivity contribution is 7.92. The second-order valence-electron chi connectivity index (χ2n) is 8.30. The summed E-state index contributed by atoms with van der Waals surface area (Å²) >= 11 is 5.90. The van der Waals surface area contributed by atoms with E-state index >= 15 is 0 Å². The number of aromatic carboxylic acids is 1. The minimum absolute atomic E-state index is 0.0106. The zero-order chi connectivity index (χ0) is 23.3. The smallest absolute Gasteiger partial charge is 0.338 e. The minimum atomic E-state index is -3.89. The number of ether oxygens (including phenoxy) is 1. The third-order valence-corrected chi connectivity index (χ3v) is 7.48. The molecule has 1 N–H and O–H groups in total. The van der Waals surface area contributed by atoms with Crippen molar-refractivity contribution in [3.63, 3.8) is 0 Å². The monoisotopic (exact) mass is 469 g/mol. The number of carboxylic acid groups (broad SMARTS) is 1. The van der Waals surface area contributed by atoms with Crippen molar-refractivity contribution < 1.29 is 37.4 Å². The number of halogens is 1. The van der Waals surface area contributed by atoms with Crippen molar-refractivity contribution in [3.8, 4) is 0 Å². The summed E-state index contributed by atoms with van der Waals surface area (Å²) in [6, 6.07) is 4.96. The predicted molar refractivity (Wildman–Crippen MR) is 109 cm³/mol. The first kappa shape index (κ1) is 23.0. The van der Waals surface area contributed by atoms with Crippen molar-refractivity contribution >= 4 is 45.1 Å². The lowest BCUT2D eigenvalue weighted by Crippen LogP contribution is -2.68. The lowest BCUT2D eigenvalue weighted by atomic mass is 9.86. The molecule has 2 heterocycles. The highest BCUT2D eigenvalue weighted by Gasteiger charge is 2.59. The van der Waals surface area contributed by atoms with Gasteiger partial charge in [-0.2, -0.15) is 0 Å². The SMILES string of the molecule is CC(C)(C)C(=O)C1=C(COC(=O)c2ccc(C(=O)O)cc2)CS(=O)(=O)[C@H]2[C@@H](Cl)C(=O)N12. The summed E-state index contributed by atoms with van der Waals surface area (Å²) in [5.74, 6) is -3.74. The van der Waals surface area contributed by atoms with E-state index in [4.69, 9.17) is 21.4 Å². The maximum atomic E-state index is 13.0. The highest BCUT2D eigenvalue weighted by atomic mass is 35.5. The zero-order valence-electron chi connectivity index (χ0n) is 16.9. The van der Waals surface area contributed by atoms with Crippen LogP contribution in [0.4, 0.5) is 0 Å². The van der Waals surface area contributed by atoms with Gasteiger partial charge in [0, 0.05) is 11.0 Å². The van der Waals surface area contributed by atoms with Gasteiger partial charge in [0.05, 0.1) is 22.6 Å². The van der Waals surface area contributed by atoms with Gasteiger partial charge in [-0.15, -0.1) is 11.6 Å². The number of benzene rings is 1. The van der Waals surface area contributed by atoms with E-state index in [2.05, 4.69) is 0 Å². The highest BCUT2D eigenvalue weighted by Crippen LogP contribution is 2.41. The predicted octanol–water partition coefficient (Wildman–Crippen LogP) is 1.61. The van der Waals surface area contributed by atoms with Crippen molar-refractivity contribution in [2.45, 2.75) is 31.5 Å². The molecule has 0 bridgehead atoms. The number of amides is 1. The van der Waals surface area contributed by atoms with Gasteiger partial charge in [-0.25, -0.2) is 18.0 Å². The molecule has 0 aliphatic carbocycles. The van der Waals surface area contributed by atoms with Crippen molar-refractivity contribution in [2.75, 3.05) is 12.4 Å². The van der Waals surface area contributed by atoms with Crippen LogP contribution in [-0.4, -0.2) is 65.2 Å². The average Bonchev–Trinajstić information content (AvgIpc) is 2.69. The maximum Gasteiger partial charge on any atom is 0.338 e. The van der Waals surface area contributed by atoms with E-state index < -0.39 is 62.0 Å². The van der Waals surface area contributed by atoms with Crippen LogP contribution in [0.2, 0.25) is 0 Å². The molecule has 0 aromatic heterocycles. The molecule has 0 radical (unpaired) electrons. The molecule has 0 unspecified atom stereocenters. The standard InChI is InChI=1S/C20H20ClNO8S/c1-20(2,3)15(23)14-12(9-31(28,29)17-13(21)16(24)22(14)17)8-30-19(27)11-6-4-10(5-7-11)18(25)26/h4-7,13,17H,8-9H2,1-3H3,(H,25,26)/t13-,17-/m0/s1. The number of ketones is 1. The van der Waals surface area contributed by atoms with Crippen LogP contribution in [-0.2, 0) is 24.2 Å². The third kappa shape index (κ3) is 4.09. The Kier molecular flexibility index (Phi) is 5.74. The average molecular weight is 470 g/mol. The van der Waals surface area contributed by atoms with Gasteiger partial charge in [0.15, 0.2) is 21.0 Å². The van der Waals surface area contributed by atoms with Crippen LogP contribution in [0.25, 0.3) is 0 Å². The van der Waals surface area contributed by atoms with E-state index in [-0.39, 0.29) is 22.4 Å². The van der Waals surface area contributed by atoms with Gasteiger partial charge in [0.2, 0.25) is 5.91 Å². The number of allylic oxidation sites excluding steroid dienone is 1. The number of carbonyl (C=O) groups excluding carboxylic acids is 3. The number of esters is 1. The molecule has 3 rings (SSSR count). The van der Waals surface area contributed by atoms with Gasteiger partial charge in [0.1, 0.15) is 12.0 Å². The maximum absolute atomic E-state index is 13.0. The van der Waals surface area contributed by atoms with Crippen LogP contribution in [0.5, 0.6) is 0 Å². The summed E-state index contributed by atoms with van der Waals surface area (Å²) in [6.07, 6.45) is 0. The van der Waals surface area contributed by atoms with Gasteiger partial charge >= 0.3 is 11.9 Å². The number of β-lactam (4-membered cyclic amide) rings is 1. The fraction of sp³-hybridized carbons (Fsp3) is 0.400. The lowest BCUT2D eigenvalue weighted by Gasteiger charge is -2.48. The summed E-state index contributed by atoms with van der Waals surface area (Å²) in [7, 11) is -3.89. The number of fused-ring (bicyclic) bond motifs is 1. The largest absolute Gasteiger partial charge is 0.478 e. The van der Waals surface area contributed by atoms with E-state index in [0.717, 1.165) is 4.90 Å². The number of Topliss-reactive ketones (excluding diaryl/α,β-unsaturated/α-hetero) is 1. The molecule has 2 aliphatic rings. The number of carboxylic acids is 1. The lowest BCUT2D eigenvalue weighted by molar-refractivity contribution is -0.142. The van der Waals surface area contributed by atoms with Crippen molar-refractivity contribution in [3.05, 3.63) is 46.7 Å². The number of hydrogen-bond acceptors (Lipinski definition) is 7. The zero-order valence-corrected chi connectivity index (χ0v) is 18.5. The summed E-state index contributed by atoms with van der Waals surface area (Å²) in [5.41, 5.74) is -1.02. The second kappa shape index (κ2) is 7.76. The van der Waals surface area contributed by atoms with Gasteiger partial charge in [-0.1, -0.05) is 20.8 Å². The van der Waals surface area contributed by atoms with E-state index in [1.165, 1.54) is 24.3 Å². The number of alkyl halides is 1. The number of sulfone groups is 1. The van der Waals surface area contributed by atoms with Gasteiger partial charge in [-0.05, 0) is 24.3 Å². The van der Waals surface area contributed by atoms with E-state index in [0.29, 0.717) is 0 Å². The molecule has 2 aliphatic heterocycles. The van der Waals surface area contributed by atoms with Crippen LogP contribution < -0.4 is 0 Å². The van der Waals surface area contributed by atoms with Crippen LogP contribution >= 0.6 is 11.6 Å². The van der Waals surface area contributed by atoms with Crippen LogP contribution in [0.1, 0.15) is 41.5 Å². The Morgan fingerprint density at radius 3 is 2.23 bits per heavy atom. The van der Waals surface area contributed by atoms with E-state index in [1.807, 2.05) is 0 Å². The molecule has 1 saturated heterocycles. The molecular formula is C20H20ClNO8S. The number of carbonyl (C=O) groups is 4. The summed E-state index contributed by atoms with van der Waals surface area (Å²) in [4.78, 5) is 49.5. The third-order valence-electron chi connectivity index (χ3n) is 4.94. The summed E-state index contributed by atoms with van der Waals surface area (Å²) < 4.78 is 30.4. The molecular weight excluding hydrogens is 450 g/mol. The molecule has 1 aromatic rings. The van der Waals surface area contributed by atoms with Crippen molar-refractivity contribution in [1.82, 2.24) is 4.90 Å².